The molecule has 1 heterocycles. The van der Waals surface area contributed by atoms with E-state index in [4.69, 9.17) is 11.6 Å². The Labute approximate surface area is 96.8 Å². The van der Waals surface area contributed by atoms with Gasteiger partial charge in [-0.25, -0.2) is 0 Å². The number of aromatic nitrogens is 2. The van der Waals surface area contributed by atoms with Crippen molar-refractivity contribution in [1.29, 1.82) is 0 Å². The van der Waals surface area contributed by atoms with Crippen molar-refractivity contribution < 1.29 is 0 Å². The van der Waals surface area contributed by atoms with Crippen LogP contribution in [-0.2, 0) is 12.5 Å². The standard InChI is InChI=1S/C11H20ClN3/c1-8(13-4)6-11(2,3)10-9(12)7-14-15(10)5/h7-8,13H,6H2,1-5H3. The van der Waals surface area contributed by atoms with Crippen molar-refractivity contribution in [3.8, 4) is 0 Å². The number of hydrogen-bond acceptors (Lipinski definition) is 2. The zero-order valence-electron chi connectivity index (χ0n) is 10.1. The highest BCUT2D eigenvalue weighted by Gasteiger charge is 2.28. The molecule has 0 saturated carbocycles. The third-order valence-corrected chi connectivity index (χ3v) is 3.12. The van der Waals surface area contributed by atoms with Crippen LogP contribution in [0.25, 0.3) is 0 Å². The minimum Gasteiger partial charge on any atom is -0.317 e. The van der Waals surface area contributed by atoms with Gasteiger partial charge in [0.15, 0.2) is 0 Å². The first-order valence-electron chi connectivity index (χ1n) is 5.23. The van der Waals surface area contributed by atoms with Crippen LogP contribution in [0.5, 0.6) is 0 Å². The molecule has 1 unspecified atom stereocenters. The average molecular weight is 230 g/mol. The lowest BCUT2D eigenvalue weighted by Crippen LogP contribution is -2.32. The van der Waals surface area contributed by atoms with Gasteiger partial charge < -0.3 is 5.32 Å². The predicted molar refractivity (Wildman–Crippen MR) is 64.4 cm³/mol. The summed E-state index contributed by atoms with van der Waals surface area (Å²) in [5, 5.41) is 8.18. The van der Waals surface area contributed by atoms with Gasteiger partial charge in [0.2, 0.25) is 0 Å². The van der Waals surface area contributed by atoms with E-state index in [-0.39, 0.29) is 5.41 Å². The first kappa shape index (κ1) is 12.5. The van der Waals surface area contributed by atoms with Gasteiger partial charge in [-0.3, -0.25) is 4.68 Å². The molecule has 3 nitrogen and oxygen atoms in total. The molecule has 0 amide bonds. The van der Waals surface area contributed by atoms with Crippen molar-refractivity contribution in [3.05, 3.63) is 16.9 Å². The smallest absolute Gasteiger partial charge is 0.0823 e. The molecule has 15 heavy (non-hydrogen) atoms. The SMILES string of the molecule is CNC(C)CC(C)(C)c1c(Cl)cnn1C. The van der Waals surface area contributed by atoms with Gasteiger partial charge in [-0.2, -0.15) is 5.10 Å². The van der Waals surface area contributed by atoms with E-state index < -0.39 is 0 Å². The van der Waals surface area contributed by atoms with Gasteiger partial charge in [0.25, 0.3) is 0 Å². The first-order chi connectivity index (χ1) is 6.88. The lowest BCUT2D eigenvalue weighted by molar-refractivity contribution is 0.383. The molecule has 0 aliphatic heterocycles. The minimum atomic E-state index is 0.0325. The Morgan fingerprint density at radius 2 is 2.20 bits per heavy atom. The second kappa shape index (κ2) is 4.54. The van der Waals surface area contributed by atoms with Crippen molar-refractivity contribution in [2.75, 3.05) is 7.05 Å². The maximum atomic E-state index is 6.15. The number of aryl methyl sites for hydroxylation is 1. The maximum absolute atomic E-state index is 6.15. The monoisotopic (exact) mass is 229 g/mol. The molecule has 0 aromatic carbocycles. The molecule has 0 bridgehead atoms. The van der Waals surface area contributed by atoms with Crippen LogP contribution < -0.4 is 5.32 Å². The fourth-order valence-electron chi connectivity index (χ4n) is 2.14. The second-order valence-corrected chi connectivity index (χ2v) is 5.15. The fourth-order valence-corrected chi connectivity index (χ4v) is 2.56. The van der Waals surface area contributed by atoms with Crippen molar-refractivity contribution in [3.63, 3.8) is 0 Å². The van der Waals surface area contributed by atoms with Gasteiger partial charge in [-0.15, -0.1) is 0 Å². The second-order valence-electron chi connectivity index (χ2n) is 4.74. The van der Waals surface area contributed by atoms with Gasteiger partial charge in [0.05, 0.1) is 16.9 Å². The summed E-state index contributed by atoms with van der Waals surface area (Å²) in [5.74, 6) is 0. The Morgan fingerprint density at radius 3 is 2.60 bits per heavy atom. The minimum absolute atomic E-state index is 0.0325. The summed E-state index contributed by atoms with van der Waals surface area (Å²) in [6.07, 6.45) is 2.74. The molecule has 86 valence electrons. The van der Waals surface area contributed by atoms with Crippen molar-refractivity contribution in [2.24, 2.45) is 7.05 Å². The van der Waals surface area contributed by atoms with Crippen LogP contribution in [0.2, 0.25) is 5.02 Å². The summed E-state index contributed by atoms with van der Waals surface area (Å²) in [6, 6.07) is 0.464. The van der Waals surface area contributed by atoms with E-state index in [1.54, 1.807) is 6.20 Å². The molecule has 1 aromatic heterocycles. The van der Waals surface area contributed by atoms with Crippen LogP contribution in [0.15, 0.2) is 6.20 Å². The molecule has 0 spiro atoms. The number of rotatable bonds is 4. The molecular weight excluding hydrogens is 210 g/mol. The number of hydrogen-bond donors (Lipinski definition) is 1. The first-order valence-corrected chi connectivity index (χ1v) is 5.61. The van der Waals surface area contributed by atoms with E-state index >= 15 is 0 Å². The average Bonchev–Trinajstić information content (AvgIpc) is 2.45. The molecule has 0 aliphatic carbocycles. The largest absolute Gasteiger partial charge is 0.317 e. The molecule has 1 N–H and O–H groups in total. The molecular formula is C11H20ClN3. The van der Waals surface area contributed by atoms with Crippen molar-refractivity contribution in [1.82, 2.24) is 15.1 Å². The summed E-state index contributed by atoms with van der Waals surface area (Å²) in [4.78, 5) is 0. The molecule has 0 aliphatic rings. The highest BCUT2D eigenvalue weighted by atomic mass is 35.5. The number of halogens is 1. The van der Waals surface area contributed by atoms with E-state index in [2.05, 4.69) is 31.2 Å². The van der Waals surface area contributed by atoms with Gasteiger partial charge in [0, 0.05) is 18.5 Å². The van der Waals surface area contributed by atoms with E-state index in [1.165, 1.54) is 0 Å². The normalized spacial score (nSPS) is 14.3. The van der Waals surface area contributed by atoms with E-state index in [1.807, 2.05) is 18.8 Å². The number of nitrogens with one attached hydrogen (secondary N) is 1. The summed E-state index contributed by atoms with van der Waals surface area (Å²) in [7, 11) is 3.92. The maximum Gasteiger partial charge on any atom is 0.0823 e. The van der Waals surface area contributed by atoms with Crippen molar-refractivity contribution >= 4 is 11.6 Å². The Bertz CT molecular complexity index is 311. The molecule has 0 fully saturated rings. The summed E-state index contributed by atoms with van der Waals surface area (Å²) in [5.41, 5.74) is 1.14. The predicted octanol–water partition coefficient (Wildman–Crippen LogP) is 2.35. The van der Waals surface area contributed by atoms with Crippen LogP contribution in [-0.4, -0.2) is 22.9 Å². The summed E-state index contributed by atoms with van der Waals surface area (Å²) < 4.78 is 1.87. The molecule has 0 saturated heterocycles. The fraction of sp³-hybridized carbons (Fsp3) is 0.727. The Balaban J connectivity index is 2.95. The third kappa shape index (κ3) is 2.73. The topological polar surface area (TPSA) is 29.9 Å². The third-order valence-electron chi connectivity index (χ3n) is 2.84. The van der Waals surface area contributed by atoms with E-state index in [9.17, 15) is 0 Å². The van der Waals surface area contributed by atoms with Gasteiger partial charge in [0.1, 0.15) is 0 Å². The zero-order chi connectivity index (χ0) is 11.6. The lowest BCUT2D eigenvalue weighted by atomic mass is 9.83. The van der Waals surface area contributed by atoms with Crippen LogP contribution in [0.4, 0.5) is 0 Å². The lowest BCUT2D eigenvalue weighted by Gasteiger charge is -2.28. The Hall–Kier alpha value is -0.540. The quantitative estimate of drug-likeness (QED) is 0.859. The van der Waals surface area contributed by atoms with Gasteiger partial charge in [-0.05, 0) is 20.4 Å². The molecule has 1 aromatic rings. The summed E-state index contributed by atoms with van der Waals surface area (Å²) >= 11 is 6.15. The van der Waals surface area contributed by atoms with Crippen LogP contribution in [0.1, 0.15) is 32.9 Å². The number of nitrogens with zero attached hydrogens (tertiary/aromatic N) is 2. The molecule has 4 heteroatoms. The van der Waals surface area contributed by atoms with Crippen LogP contribution >= 0.6 is 11.6 Å². The highest BCUT2D eigenvalue weighted by Crippen LogP contribution is 2.32. The van der Waals surface area contributed by atoms with Crippen LogP contribution in [0.3, 0.4) is 0 Å². The zero-order valence-corrected chi connectivity index (χ0v) is 10.9. The van der Waals surface area contributed by atoms with E-state index in [0.29, 0.717) is 6.04 Å². The Kier molecular flexibility index (Phi) is 3.79. The van der Waals surface area contributed by atoms with Gasteiger partial charge >= 0.3 is 0 Å². The van der Waals surface area contributed by atoms with Gasteiger partial charge in [-0.1, -0.05) is 25.4 Å². The van der Waals surface area contributed by atoms with Crippen LogP contribution in [0, 0.1) is 0 Å². The van der Waals surface area contributed by atoms with E-state index in [0.717, 1.165) is 17.1 Å². The van der Waals surface area contributed by atoms with Crippen molar-refractivity contribution in [2.45, 2.75) is 38.6 Å². The molecule has 1 atom stereocenters. The molecule has 1 rings (SSSR count). The Morgan fingerprint density at radius 1 is 1.60 bits per heavy atom. The summed E-state index contributed by atoms with van der Waals surface area (Å²) in [6.45, 7) is 6.57. The highest BCUT2D eigenvalue weighted by molar-refractivity contribution is 6.31. The molecule has 0 radical (unpaired) electrons.